The van der Waals surface area contributed by atoms with Crippen LogP contribution in [0.15, 0.2) is 24.3 Å². The van der Waals surface area contributed by atoms with Crippen LogP contribution in [0.3, 0.4) is 0 Å². The highest BCUT2D eigenvalue weighted by molar-refractivity contribution is 5.94. The number of alkyl carbamates (subject to hydrolysis) is 1. The van der Waals surface area contributed by atoms with Gasteiger partial charge in [-0.15, -0.1) is 0 Å². The number of ketones is 1. The summed E-state index contributed by atoms with van der Waals surface area (Å²) in [5.74, 6) is -0.860. The first-order chi connectivity index (χ1) is 9.69. The minimum absolute atomic E-state index is 0.0530. The number of nitrogens with one attached hydrogen (secondary N) is 1. The zero-order chi connectivity index (χ0) is 16.0. The molecule has 1 aromatic carbocycles. The summed E-state index contributed by atoms with van der Waals surface area (Å²) >= 11 is 0. The van der Waals surface area contributed by atoms with Gasteiger partial charge in [-0.2, -0.15) is 0 Å². The second-order valence-electron chi connectivity index (χ2n) is 5.58. The summed E-state index contributed by atoms with van der Waals surface area (Å²) in [7, 11) is 0. The molecule has 0 aliphatic heterocycles. The molecule has 0 fully saturated rings. The Morgan fingerprint density at radius 3 is 2.57 bits per heavy atom. The van der Waals surface area contributed by atoms with Gasteiger partial charge in [-0.3, -0.25) is 4.79 Å². The normalized spacial score (nSPS) is 11.5. The predicted octanol–water partition coefficient (Wildman–Crippen LogP) is 3.57. The molecule has 1 amide bonds. The number of amides is 1. The highest BCUT2D eigenvalue weighted by atomic mass is 19.1. The Balaban J connectivity index is 2.56. The van der Waals surface area contributed by atoms with E-state index in [9.17, 15) is 14.0 Å². The summed E-state index contributed by atoms with van der Waals surface area (Å²) in [4.78, 5) is 22.6. The Bertz CT molecular complexity index is 559. The molecule has 114 valence electrons. The van der Waals surface area contributed by atoms with Crippen LogP contribution < -0.4 is 5.32 Å². The van der Waals surface area contributed by atoms with Gasteiger partial charge in [0.15, 0.2) is 5.78 Å². The lowest BCUT2D eigenvalue weighted by molar-refractivity contribution is 0.0534. The van der Waals surface area contributed by atoms with E-state index in [-0.39, 0.29) is 17.9 Å². The van der Waals surface area contributed by atoms with E-state index in [2.05, 4.69) is 5.32 Å². The third kappa shape index (κ3) is 6.21. The summed E-state index contributed by atoms with van der Waals surface area (Å²) in [6.07, 6.45) is 2.89. The molecule has 21 heavy (non-hydrogen) atoms. The molecule has 0 spiro atoms. The molecular formula is C16H20FNO3. The van der Waals surface area contributed by atoms with Crippen LogP contribution in [0.1, 0.15) is 43.6 Å². The first-order valence-electron chi connectivity index (χ1n) is 6.63. The summed E-state index contributed by atoms with van der Waals surface area (Å²) in [5.41, 5.74) is 0.200. The standard InChI is InChI=1S/C16H20FNO3/c1-11(19)13-10-12(7-8-14(13)17)6-5-9-18-15(20)21-16(2,3)4/h5-8,10H,9H2,1-4H3,(H,18,20). The van der Waals surface area contributed by atoms with E-state index in [0.717, 1.165) is 0 Å². The molecule has 1 N–H and O–H groups in total. The number of hydrogen-bond acceptors (Lipinski definition) is 3. The van der Waals surface area contributed by atoms with Crippen molar-refractivity contribution in [2.45, 2.75) is 33.3 Å². The lowest BCUT2D eigenvalue weighted by Gasteiger charge is -2.19. The highest BCUT2D eigenvalue weighted by Gasteiger charge is 2.15. The second-order valence-corrected chi connectivity index (χ2v) is 5.58. The van der Waals surface area contributed by atoms with Crippen molar-refractivity contribution < 1.29 is 18.7 Å². The molecule has 0 unspecified atom stereocenters. The van der Waals surface area contributed by atoms with E-state index in [0.29, 0.717) is 5.56 Å². The number of carbonyl (C=O) groups excluding carboxylic acids is 2. The zero-order valence-corrected chi connectivity index (χ0v) is 12.7. The van der Waals surface area contributed by atoms with Crippen molar-refractivity contribution in [3.05, 3.63) is 41.2 Å². The van der Waals surface area contributed by atoms with Gasteiger partial charge in [0.05, 0.1) is 5.56 Å². The largest absolute Gasteiger partial charge is 0.444 e. The molecule has 1 aromatic rings. The average molecular weight is 293 g/mol. The van der Waals surface area contributed by atoms with Crippen molar-refractivity contribution in [2.24, 2.45) is 0 Å². The summed E-state index contributed by atoms with van der Waals surface area (Å²) < 4.78 is 18.4. The molecule has 0 bridgehead atoms. The first kappa shape index (κ1) is 16.9. The van der Waals surface area contributed by atoms with Crippen molar-refractivity contribution in [3.8, 4) is 0 Å². The molecule has 0 aromatic heterocycles. The summed E-state index contributed by atoms with van der Waals surface area (Å²) in [6.45, 7) is 6.94. The number of halogens is 1. The molecule has 0 saturated heterocycles. The third-order valence-electron chi connectivity index (χ3n) is 2.44. The van der Waals surface area contributed by atoms with E-state index in [1.165, 1.54) is 19.1 Å². The van der Waals surface area contributed by atoms with Crippen LogP contribution in [0.5, 0.6) is 0 Å². The monoisotopic (exact) mass is 293 g/mol. The number of rotatable bonds is 4. The van der Waals surface area contributed by atoms with Gasteiger partial charge in [-0.1, -0.05) is 18.2 Å². The molecule has 5 heteroatoms. The van der Waals surface area contributed by atoms with Gasteiger partial charge in [0.25, 0.3) is 0 Å². The minimum Gasteiger partial charge on any atom is -0.444 e. The van der Waals surface area contributed by atoms with Crippen molar-refractivity contribution in [2.75, 3.05) is 6.54 Å². The molecule has 0 aliphatic carbocycles. The molecule has 0 radical (unpaired) electrons. The van der Waals surface area contributed by atoms with Crippen LogP contribution in [0, 0.1) is 5.82 Å². The first-order valence-corrected chi connectivity index (χ1v) is 6.63. The fourth-order valence-corrected chi connectivity index (χ4v) is 1.57. The fraction of sp³-hybridized carbons (Fsp3) is 0.375. The highest BCUT2D eigenvalue weighted by Crippen LogP contribution is 2.12. The maximum absolute atomic E-state index is 13.4. The lowest BCUT2D eigenvalue weighted by Crippen LogP contribution is -2.32. The lowest BCUT2D eigenvalue weighted by atomic mass is 10.1. The number of carbonyl (C=O) groups is 2. The van der Waals surface area contributed by atoms with Gasteiger partial charge < -0.3 is 10.1 Å². The predicted molar refractivity (Wildman–Crippen MR) is 79.7 cm³/mol. The van der Waals surface area contributed by atoms with Gasteiger partial charge in [0.2, 0.25) is 0 Å². The molecule has 1 rings (SSSR count). The Hall–Kier alpha value is -2.17. The quantitative estimate of drug-likeness (QED) is 0.863. The maximum Gasteiger partial charge on any atom is 0.407 e. The van der Waals surface area contributed by atoms with E-state index in [1.807, 2.05) is 0 Å². The molecule has 0 heterocycles. The summed E-state index contributed by atoms with van der Waals surface area (Å²) in [6, 6.07) is 4.28. The van der Waals surface area contributed by atoms with Gasteiger partial charge in [0, 0.05) is 6.54 Å². The molecule has 0 atom stereocenters. The van der Waals surface area contributed by atoms with Crippen molar-refractivity contribution in [1.82, 2.24) is 5.32 Å². The van der Waals surface area contributed by atoms with Crippen molar-refractivity contribution in [1.29, 1.82) is 0 Å². The molecule has 0 saturated carbocycles. The number of hydrogen-bond donors (Lipinski definition) is 1. The molecule has 0 aliphatic rings. The fourth-order valence-electron chi connectivity index (χ4n) is 1.57. The van der Waals surface area contributed by atoms with Crippen LogP contribution in [-0.4, -0.2) is 24.0 Å². The summed E-state index contributed by atoms with van der Waals surface area (Å²) in [5, 5.41) is 2.57. The zero-order valence-electron chi connectivity index (χ0n) is 12.7. The van der Waals surface area contributed by atoms with Gasteiger partial charge in [-0.05, 0) is 45.4 Å². The Morgan fingerprint density at radius 1 is 1.33 bits per heavy atom. The second kappa shape index (κ2) is 7.02. The van der Waals surface area contributed by atoms with Crippen LogP contribution >= 0.6 is 0 Å². The number of Topliss-reactive ketones (excluding diaryl/α,β-unsaturated/α-hetero) is 1. The van der Waals surface area contributed by atoms with Crippen LogP contribution in [0.4, 0.5) is 9.18 Å². The van der Waals surface area contributed by atoms with Crippen LogP contribution in [0.2, 0.25) is 0 Å². The number of benzene rings is 1. The van der Waals surface area contributed by atoms with Crippen molar-refractivity contribution >= 4 is 18.0 Å². The van der Waals surface area contributed by atoms with Crippen LogP contribution in [-0.2, 0) is 4.74 Å². The average Bonchev–Trinajstić information content (AvgIpc) is 2.34. The Labute approximate surface area is 124 Å². The minimum atomic E-state index is -0.541. The molecule has 4 nitrogen and oxygen atoms in total. The van der Waals surface area contributed by atoms with E-state index in [4.69, 9.17) is 4.74 Å². The smallest absolute Gasteiger partial charge is 0.407 e. The van der Waals surface area contributed by atoms with E-state index < -0.39 is 17.5 Å². The van der Waals surface area contributed by atoms with Gasteiger partial charge in [0.1, 0.15) is 11.4 Å². The van der Waals surface area contributed by atoms with E-state index in [1.54, 1.807) is 39.0 Å². The Kier molecular flexibility index (Phi) is 5.64. The Morgan fingerprint density at radius 2 is 2.00 bits per heavy atom. The third-order valence-corrected chi connectivity index (χ3v) is 2.44. The SMILES string of the molecule is CC(=O)c1cc(C=CCNC(=O)OC(C)(C)C)ccc1F. The van der Waals surface area contributed by atoms with Crippen LogP contribution in [0.25, 0.3) is 6.08 Å². The maximum atomic E-state index is 13.4. The van der Waals surface area contributed by atoms with Gasteiger partial charge in [-0.25, -0.2) is 9.18 Å². The van der Waals surface area contributed by atoms with E-state index >= 15 is 0 Å². The molecular weight excluding hydrogens is 273 g/mol. The van der Waals surface area contributed by atoms with Gasteiger partial charge >= 0.3 is 6.09 Å². The topological polar surface area (TPSA) is 55.4 Å². The number of ether oxygens (including phenoxy) is 1. The van der Waals surface area contributed by atoms with Crippen molar-refractivity contribution in [3.63, 3.8) is 0 Å².